The Kier molecular flexibility index (Phi) is 2.89. The minimum absolute atomic E-state index is 0.567. The number of aromatic nitrogens is 3. The zero-order valence-electron chi connectivity index (χ0n) is 12.4. The topological polar surface area (TPSA) is 58.4 Å². The van der Waals surface area contributed by atoms with Crippen LogP contribution < -0.4 is 14.2 Å². The van der Waals surface area contributed by atoms with Crippen LogP contribution in [0.5, 0.6) is 17.2 Å². The summed E-state index contributed by atoms with van der Waals surface area (Å²) in [5, 5.41) is 0. The Morgan fingerprint density at radius 1 is 1.14 bits per heavy atom. The van der Waals surface area contributed by atoms with E-state index in [9.17, 15) is 0 Å². The number of nitrogens with zero attached hydrogens (tertiary/aromatic N) is 3. The minimum Gasteiger partial charge on any atom is -0.495 e. The van der Waals surface area contributed by atoms with Crippen LogP contribution in [-0.2, 0) is 7.05 Å². The highest BCUT2D eigenvalue weighted by molar-refractivity contribution is 5.78. The molecule has 0 unspecified atom stereocenters. The van der Waals surface area contributed by atoms with Crippen molar-refractivity contribution in [2.75, 3.05) is 20.3 Å². The predicted octanol–water partition coefficient (Wildman–Crippen LogP) is 2.42. The fourth-order valence-corrected chi connectivity index (χ4v) is 2.61. The van der Waals surface area contributed by atoms with E-state index in [1.807, 2.05) is 35.9 Å². The first kappa shape index (κ1) is 12.9. The number of benzene rings is 1. The van der Waals surface area contributed by atoms with Crippen molar-refractivity contribution in [2.45, 2.75) is 0 Å². The molecule has 0 fully saturated rings. The zero-order valence-corrected chi connectivity index (χ0v) is 12.4. The van der Waals surface area contributed by atoms with Gasteiger partial charge in [-0.3, -0.25) is 0 Å². The lowest BCUT2D eigenvalue weighted by Gasteiger charge is -2.18. The van der Waals surface area contributed by atoms with Crippen LogP contribution in [0, 0.1) is 0 Å². The Balaban J connectivity index is 1.85. The second-order valence-corrected chi connectivity index (χ2v) is 5.07. The molecule has 1 aliphatic heterocycles. The number of imidazole rings is 1. The van der Waals surface area contributed by atoms with Crippen molar-refractivity contribution in [3.8, 4) is 28.6 Å². The second-order valence-electron chi connectivity index (χ2n) is 5.07. The molecule has 4 rings (SSSR count). The molecule has 3 aromatic rings. The summed E-state index contributed by atoms with van der Waals surface area (Å²) in [6.45, 7) is 1.15. The summed E-state index contributed by atoms with van der Waals surface area (Å²) in [4.78, 5) is 9.07. The molecule has 6 heteroatoms. The van der Waals surface area contributed by atoms with Crippen LogP contribution in [0.2, 0.25) is 0 Å². The Morgan fingerprint density at radius 2 is 1.95 bits per heavy atom. The van der Waals surface area contributed by atoms with E-state index in [1.54, 1.807) is 13.3 Å². The van der Waals surface area contributed by atoms with Gasteiger partial charge in [0.25, 0.3) is 0 Å². The third kappa shape index (κ3) is 1.95. The standard InChI is InChI=1S/C16H15N3O3/c1-19-15(18-12-8-11(20-2)9-17-16(12)19)10-3-4-13-14(7-10)22-6-5-21-13/h3-4,7-9H,5-6H2,1-2H3. The van der Waals surface area contributed by atoms with Gasteiger partial charge >= 0.3 is 0 Å². The smallest absolute Gasteiger partial charge is 0.162 e. The summed E-state index contributed by atoms with van der Waals surface area (Å²) < 4.78 is 18.4. The predicted molar refractivity (Wildman–Crippen MR) is 81.5 cm³/mol. The van der Waals surface area contributed by atoms with E-state index < -0.39 is 0 Å². The highest BCUT2D eigenvalue weighted by Crippen LogP contribution is 2.35. The van der Waals surface area contributed by atoms with Gasteiger partial charge in [0.2, 0.25) is 0 Å². The van der Waals surface area contributed by atoms with Crippen LogP contribution in [0.3, 0.4) is 0 Å². The van der Waals surface area contributed by atoms with Crippen molar-refractivity contribution in [1.29, 1.82) is 0 Å². The maximum atomic E-state index is 5.64. The van der Waals surface area contributed by atoms with Crippen LogP contribution in [0.15, 0.2) is 30.5 Å². The number of rotatable bonds is 2. The number of fused-ring (bicyclic) bond motifs is 2. The molecule has 0 radical (unpaired) electrons. The van der Waals surface area contributed by atoms with Crippen LogP contribution >= 0.6 is 0 Å². The summed E-state index contributed by atoms with van der Waals surface area (Å²) in [6.07, 6.45) is 1.69. The van der Waals surface area contributed by atoms with E-state index in [0.29, 0.717) is 19.0 Å². The second kappa shape index (κ2) is 4.91. The van der Waals surface area contributed by atoms with E-state index in [4.69, 9.17) is 14.2 Å². The number of methoxy groups -OCH3 is 1. The molecule has 0 spiro atoms. The molecule has 1 aliphatic rings. The molecular formula is C16H15N3O3. The number of ether oxygens (including phenoxy) is 3. The van der Waals surface area contributed by atoms with Gasteiger partial charge < -0.3 is 18.8 Å². The summed E-state index contributed by atoms with van der Waals surface area (Å²) in [6, 6.07) is 7.72. The summed E-state index contributed by atoms with van der Waals surface area (Å²) in [5.74, 6) is 3.04. The van der Waals surface area contributed by atoms with E-state index in [0.717, 1.165) is 34.1 Å². The van der Waals surface area contributed by atoms with Gasteiger partial charge in [0.1, 0.15) is 30.3 Å². The molecule has 0 saturated carbocycles. The highest BCUT2D eigenvalue weighted by atomic mass is 16.6. The average molecular weight is 297 g/mol. The average Bonchev–Trinajstić information content (AvgIpc) is 2.90. The maximum Gasteiger partial charge on any atom is 0.162 e. The first-order chi connectivity index (χ1) is 10.8. The Bertz CT molecular complexity index is 857. The van der Waals surface area contributed by atoms with Crippen molar-refractivity contribution in [3.05, 3.63) is 30.5 Å². The maximum absolute atomic E-state index is 5.64. The SMILES string of the molecule is COc1cnc2c(c1)nc(-c1ccc3c(c1)OCCO3)n2C. The van der Waals surface area contributed by atoms with Gasteiger partial charge in [-0.05, 0) is 18.2 Å². The molecule has 0 atom stereocenters. The van der Waals surface area contributed by atoms with Gasteiger partial charge in [-0.1, -0.05) is 0 Å². The third-order valence-corrected chi connectivity index (χ3v) is 3.72. The van der Waals surface area contributed by atoms with Gasteiger partial charge in [-0.15, -0.1) is 0 Å². The normalized spacial score (nSPS) is 13.4. The first-order valence-corrected chi connectivity index (χ1v) is 7.03. The molecule has 0 saturated heterocycles. The summed E-state index contributed by atoms with van der Waals surface area (Å²) >= 11 is 0. The Morgan fingerprint density at radius 3 is 2.77 bits per heavy atom. The van der Waals surface area contributed by atoms with E-state index in [-0.39, 0.29) is 0 Å². The molecule has 0 aliphatic carbocycles. The highest BCUT2D eigenvalue weighted by Gasteiger charge is 2.16. The van der Waals surface area contributed by atoms with Gasteiger partial charge in [0.15, 0.2) is 17.1 Å². The largest absolute Gasteiger partial charge is 0.495 e. The monoisotopic (exact) mass is 297 g/mol. The quantitative estimate of drug-likeness (QED) is 0.727. The Labute approximate surface area is 127 Å². The molecule has 3 heterocycles. The lowest BCUT2D eigenvalue weighted by atomic mass is 10.2. The van der Waals surface area contributed by atoms with Gasteiger partial charge in [0.05, 0.1) is 13.3 Å². The molecule has 0 bridgehead atoms. The minimum atomic E-state index is 0.567. The third-order valence-electron chi connectivity index (χ3n) is 3.72. The summed E-state index contributed by atoms with van der Waals surface area (Å²) in [7, 11) is 3.56. The van der Waals surface area contributed by atoms with Crippen LogP contribution in [-0.4, -0.2) is 34.9 Å². The fraction of sp³-hybridized carbons (Fsp3) is 0.250. The van der Waals surface area contributed by atoms with Crippen LogP contribution in [0.4, 0.5) is 0 Å². The lowest BCUT2D eigenvalue weighted by Crippen LogP contribution is -2.15. The Hall–Kier alpha value is -2.76. The van der Waals surface area contributed by atoms with Crippen LogP contribution in [0.1, 0.15) is 0 Å². The molecule has 1 aromatic carbocycles. The van der Waals surface area contributed by atoms with Crippen LogP contribution in [0.25, 0.3) is 22.6 Å². The van der Waals surface area contributed by atoms with E-state index in [1.165, 1.54) is 0 Å². The first-order valence-electron chi connectivity index (χ1n) is 7.03. The van der Waals surface area contributed by atoms with Gasteiger partial charge in [-0.25, -0.2) is 9.97 Å². The van der Waals surface area contributed by atoms with Crippen molar-refractivity contribution in [1.82, 2.24) is 14.5 Å². The van der Waals surface area contributed by atoms with Crippen molar-refractivity contribution >= 4 is 11.2 Å². The number of aryl methyl sites for hydroxylation is 1. The van der Waals surface area contributed by atoms with E-state index >= 15 is 0 Å². The van der Waals surface area contributed by atoms with E-state index in [2.05, 4.69) is 9.97 Å². The lowest BCUT2D eigenvalue weighted by molar-refractivity contribution is 0.171. The fourth-order valence-electron chi connectivity index (χ4n) is 2.61. The molecule has 2 aromatic heterocycles. The molecule has 22 heavy (non-hydrogen) atoms. The number of hydrogen-bond donors (Lipinski definition) is 0. The van der Waals surface area contributed by atoms with Crippen molar-refractivity contribution in [3.63, 3.8) is 0 Å². The zero-order chi connectivity index (χ0) is 15.1. The number of hydrogen-bond acceptors (Lipinski definition) is 5. The number of pyridine rings is 1. The molecule has 0 amide bonds. The molecular weight excluding hydrogens is 282 g/mol. The van der Waals surface area contributed by atoms with Gasteiger partial charge in [0, 0.05) is 18.7 Å². The van der Waals surface area contributed by atoms with Crippen molar-refractivity contribution in [2.24, 2.45) is 7.05 Å². The molecule has 0 N–H and O–H groups in total. The summed E-state index contributed by atoms with van der Waals surface area (Å²) in [5.41, 5.74) is 2.57. The molecule has 6 nitrogen and oxygen atoms in total. The van der Waals surface area contributed by atoms with Crippen molar-refractivity contribution < 1.29 is 14.2 Å². The van der Waals surface area contributed by atoms with Gasteiger partial charge in [-0.2, -0.15) is 0 Å². The molecule has 112 valence electrons.